The number of piperidine rings is 1. The molecule has 6 nitrogen and oxygen atoms in total. The number of rotatable bonds is 4. The SMILES string of the molecule is O=C(NCc1cccc(Cl)c1)[C@@H]1CCCN(c2nc3ncccc3n3cccc23)C1. The van der Waals surface area contributed by atoms with Crippen molar-refractivity contribution in [2.24, 2.45) is 5.92 Å². The summed E-state index contributed by atoms with van der Waals surface area (Å²) in [6.07, 6.45) is 5.62. The Balaban J connectivity index is 1.36. The van der Waals surface area contributed by atoms with Crippen LogP contribution in [0, 0.1) is 5.92 Å². The zero-order chi connectivity index (χ0) is 20.5. The maximum Gasteiger partial charge on any atom is 0.225 e. The van der Waals surface area contributed by atoms with Gasteiger partial charge in [0.05, 0.1) is 17.0 Å². The minimum absolute atomic E-state index is 0.0741. The quantitative estimate of drug-likeness (QED) is 0.541. The molecule has 1 atom stereocenters. The van der Waals surface area contributed by atoms with Crippen LogP contribution < -0.4 is 10.2 Å². The van der Waals surface area contributed by atoms with E-state index in [0.717, 1.165) is 41.8 Å². The molecule has 1 N–H and O–H groups in total. The Morgan fingerprint density at radius 3 is 2.97 bits per heavy atom. The summed E-state index contributed by atoms with van der Waals surface area (Å²) >= 11 is 6.04. The highest BCUT2D eigenvalue weighted by molar-refractivity contribution is 6.30. The summed E-state index contributed by atoms with van der Waals surface area (Å²) in [7, 11) is 0. The third kappa shape index (κ3) is 3.59. The summed E-state index contributed by atoms with van der Waals surface area (Å²) in [5.41, 5.74) is 3.73. The minimum atomic E-state index is -0.0748. The monoisotopic (exact) mass is 419 g/mol. The second kappa shape index (κ2) is 7.95. The Bertz CT molecular complexity index is 1220. The van der Waals surface area contributed by atoms with Gasteiger partial charge in [0.2, 0.25) is 5.91 Å². The number of pyridine rings is 1. The molecule has 0 saturated carbocycles. The number of anilines is 1. The first kappa shape index (κ1) is 18.9. The van der Waals surface area contributed by atoms with Crippen molar-refractivity contribution in [3.63, 3.8) is 0 Å². The van der Waals surface area contributed by atoms with Crippen LogP contribution in [0.25, 0.3) is 16.7 Å². The lowest BCUT2D eigenvalue weighted by molar-refractivity contribution is -0.125. The van der Waals surface area contributed by atoms with Gasteiger partial charge in [0.1, 0.15) is 0 Å². The maximum absolute atomic E-state index is 12.9. The topological polar surface area (TPSA) is 62.5 Å². The van der Waals surface area contributed by atoms with Gasteiger partial charge in [-0.25, -0.2) is 9.97 Å². The van der Waals surface area contributed by atoms with Crippen LogP contribution >= 0.6 is 11.6 Å². The van der Waals surface area contributed by atoms with Crippen molar-refractivity contribution in [2.45, 2.75) is 19.4 Å². The predicted molar refractivity (Wildman–Crippen MR) is 119 cm³/mol. The molecule has 4 heterocycles. The number of hydrogen-bond acceptors (Lipinski definition) is 4. The zero-order valence-corrected chi connectivity index (χ0v) is 17.2. The maximum atomic E-state index is 12.9. The van der Waals surface area contributed by atoms with E-state index in [-0.39, 0.29) is 11.8 Å². The lowest BCUT2D eigenvalue weighted by atomic mass is 9.97. The van der Waals surface area contributed by atoms with Crippen molar-refractivity contribution in [3.8, 4) is 0 Å². The molecule has 152 valence electrons. The average molecular weight is 420 g/mol. The highest BCUT2D eigenvalue weighted by Crippen LogP contribution is 2.28. The fourth-order valence-corrected chi connectivity index (χ4v) is 4.40. The first-order chi connectivity index (χ1) is 14.7. The van der Waals surface area contributed by atoms with E-state index >= 15 is 0 Å². The standard InChI is InChI=1S/C23H22ClN5O/c24-18-7-1-5-16(13-18)14-26-23(30)17-6-3-11-28(15-17)22-20-9-4-12-29(20)19-8-2-10-25-21(19)27-22/h1-2,4-5,7-10,12-13,17H,3,6,11,14-15H2,(H,26,30)/t17-/m1/s1. The van der Waals surface area contributed by atoms with Gasteiger partial charge in [-0.1, -0.05) is 23.7 Å². The molecule has 1 aliphatic heterocycles. The van der Waals surface area contributed by atoms with Crippen molar-refractivity contribution in [1.82, 2.24) is 19.7 Å². The van der Waals surface area contributed by atoms with Crippen molar-refractivity contribution in [2.75, 3.05) is 18.0 Å². The number of carbonyl (C=O) groups excluding carboxylic acids is 1. The molecular weight excluding hydrogens is 398 g/mol. The highest BCUT2D eigenvalue weighted by Gasteiger charge is 2.28. The van der Waals surface area contributed by atoms with Crippen LogP contribution in [0.4, 0.5) is 5.82 Å². The van der Waals surface area contributed by atoms with Gasteiger partial charge in [0, 0.05) is 37.1 Å². The number of nitrogens with one attached hydrogen (secondary N) is 1. The Morgan fingerprint density at radius 2 is 2.07 bits per heavy atom. The van der Waals surface area contributed by atoms with E-state index in [2.05, 4.69) is 25.7 Å². The molecule has 1 saturated heterocycles. The highest BCUT2D eigenvalue weighted by atomic mass is 35.5. The van der Waals surface area contributed by atoms with Gasteiger partial charge >= 0.3 is 0 Å². The molecule has 0 aliphatic carbocycles. The van der Waals surface area contributed by atoms with E-state index < -0.39 is 0 Å². The fraction of sp³-hybridized carbons (Fsp3) is 0.261. The zero-order valence-electron chi connectivity index (χ0n) is 16.5. The number of nitrogens with zero attached hydrogens (tertiary/aromatic N) is 4. The van der Waals surface area contributed by atoms with E-state index in [1.807, 2.05) is 48.7 Å². The van der Waals surface area contributed by atoms with Crippen molar-refractivity contribution in [1.29, 1.82) is 0 Å². The van der Waals surface area contributed by atoms with Crippen LogP contribution in [0.15, 0.2) is 60.9 Å². The second-order valence-corrected chi connectivity index (χ2v) is 8.11. The van der Waals surface area contributed by atoms with Crippen LogP contribution in [0.2, 0.25) is 5.02 Å². The van der Waals surface area contributed by atoms with Crippen LogP contribution in [0.3, 0.4) is 0 Å². The average Bonchev–Trinajstić information content (AvgIpc) is 3.27. The van der Waals surface area contributed by atoms with E-state index in [1.165, 1.54) is 0 Å². The van der Waals surface area contributed by atoms with Gasteiger partial charge in [0.25, 0.3) is 0 Å². The van der Waals surface area contributed by atoms with Crippen molar-refractivity contribution in [3.05, 3.63) is 71.5 Å². The van der Waals surface area contributed by atoms with Gasteiger partial charge in [0.15, 0.2) is 11.5 Å². The normalized spacial score (nSPS) is 16.8. The molecule has 1 aromatic carbocycles. The van der Waals surface area contributed by atoms with E-state index in [9.17, 15) is 4.79 Å². The van der Waals surface area contributed by atoms with E-state index in [1.54, 1.807) is 6.20 Å². The molecule has 1 fully saturated rings. The second-order valence-electron chi connectivity index (χ2n) is 7.68. The summed E-state index contributed by atoms with van der Waals surface area (Å²) < 4.78 is 2.12. The number of fused-ring (bicyclic) bond motifs is 3. The van der Waals surface area contributed by atoms with Crippen LogP contribution in [-0.4, -0.2) is 33.4 Å². The van der Waals surface area contributed by atoms with Gasteiger partial charge in [-0.05, 0) is 54.8 Å². The van der Waals surface area contributed by atoms with Gasteiger partial charge in [-0.2, -0.15) is 0 Å². The number of carbonyl (C=O) groups is 1. The van der Waals surface area contributed by atoms with Crippen molar-refractivity contribution < 1.29 is 4.79 Å². The molecule has 0 spiro atoms. The smallest absolute Gasteiger partial charge is 0.225 e. The molecule has 0 bridgehead atoms. The largest absolute Gasteiger partial charge is 0.354 e. The lowest BCUT2D eigenvalue weighted by Gasteiger charge is -2.33. The summed E-state index contributed by atoms with van der Waals surface area (Å²) in [4.78, 5) is 24.4. The number of hydrogen-bond donors (Lipinski definition) is 1. The lowest BCUT2D eigenvalue weighted by Crippen LogP contribution is -2.43. The molecule has 3 aromatic heterocycles. The number of aromatic nitrogens is 3. The van der Waals surface area contributed by atoms with E-state index in [0.29, 0.717) is 23.8 Å². The Kier molecular flexibility index (Phi) is 5.01. The van der Waals surface area contributed by atoms with Gasteiger partial charge < -0.3 is 14.6 Å². The molecule has 1 amide bonds. The fourth-order valence-electron chi connectivity index (χ4n) is 4.19. The van der Waals surface area contributed by atoms with Gasteiger partial charge in [-0.15, -0.1) is 0 Å². The first-order valence-electron chi connectivity index (χ1n) is 10.2. The third-order valence-corrected chi connectivity index (χ3v) is 5.90. The summed E-state index contributed by atoms with van der Waals surface area (Å²) in [6.45, 7) is 2.01. The molecule has 1 aliphatic rings. The summed E-state index contributed by atoms with van der Waals surface area (Å²) in [5, 5.41) is 3.75. The molecule has 4 aromatic rings. The van der Waals surface area contributed by atoms with E-state index in [4.69, 9.17) is 16.6 Å². The van der Waals surface area contributed by atoms with Crippen LogP contribution in [-0.2, 0) is 11.3 Å². The van der Waals surface area contributed by atoms with Gasteiger partial charge in [-0.3, -0.25) is 4.79 Å². The summed E-state index contributed by atoms with van der Waals surface area (Å²) in [6, 6.07) is 15.6. The minimum Gasteiger partial charge on any atom is -0.354 e. The Hall–Kier alpha value is -3.12. The number of halogens is 1. The molecule has 5 rings (SSSR count). The molecule has 0 unspecified atom stereocenters. The number of benzene rings is 1. The van der Waals surface area contributed by atoms with Crippen LogP contribution in [0.1, 0.15) is 18.4 Å². The molecule has 7 heteroatoms. The summed E-state index contributed by atoms with van der Waals surface area (Å²) in [5.74, 6) is 0.887. The van der Waals surface area contributed by atoms with Crippen LogP contribution in [0.5, 0.6) is 0 Å². The molecule has 30 heavy (non-hydrogen) atoms. The molecule has 0 radical (unpaired) electrons. The number of amides is 1. The Morgan fingerprint density at radius 1 is 1.17 bits per heavy atom. The molecular formula is C23H22ClN5O. The predicted octanol–water partition coefficient (Wildman–Crippen LogP) is 4.07. The van der Waals surface area contributed by atoms with Crippen molar-refractivity contribution >= 4 is 40.0 Å². The first-order valence-corrected chi connectivity index (χ1v) is 10.6. The third-order valence-electron chi connectivity index (χ3n) is 5.66. The Labute approximate surface area is 179 Å².